The molecule has 5 saturated carbocycles. The summed E-state index contributed by atoms with van der Waals surface area (Å²) in [5, 5.41) is 12.1. The average molecular weight is 607 g/mol. The Morgan fingerprint density at radius 3 is 2.61 bits per heavy atom. The number of rotatable bonds is 4. The summed E-state index contributed by atoms with van der Waals surface area (Å²) in [6.45, 7) is 14.7. The Morgan fingerprint density at radius 2 is 1.82 bits per heavy atom. The van der Waals surface area contributed by atoms with Gasteiger partial charge in [0.25, 0.3) is 0 Å². The number of morpholine rings is 1. The van der Waals surface area contributed by atoms with E-state index in [9.17, 15) is 9.90 Å². The van der Waals surface area contributed by atoms with Gasteiger partial charge in [-0.1, -0.05) is 40.7 Å². The van der Waals surface area contributed by atoms with Gasteiger partial charge >= 0.3 is 0 Å². The summed E-state index contributed by atoms with van der Waals surface area (Å²) in [4.78, 5) is 19.3. The molecule has 2 aliphatic heterocycles. The van der Waals surface area contributed by atoms with E-state index in [1.807, 2.05) is 23.1 Å². The van der Waals surface area contributed by atoms with Gasteiger partial charge in [0.15, 0.2) is 6.29 Å². The van der Waals surface area contributed by atoms with E-state index in [4.69, 9.17) is 14.2 Å². The number of hydrogen-bond donors (Lipinski definition) is 1. The van der Waals surface area contributed by atoms with E-state index in [1.165, 1.54) is 38.5 Å². The van der Waals surface area contributed by atoms with Crippen LogP contribution in [0, 0.1) is 50.7 Å². The Hall–Kier alpha value is -1.54. The van der Waals surface area contributed by atoms with Crippen molar-refractivity contribution in [2.45, 2.75) is 117 Å². The fourth-order valence-corrected chi connectivity index (χ4v) is 13.3. The highest BCUT2D eigenvalue weighted by molar-refractivity contribution is 5.78. The van der Waals surface area contributed by atoms with Gasteiger partial charge in [-0.15, -0.1) is 0 Å². The number of aromatic nitrogens is 1. The molecule has 2 saturated heterocycles. The molecule has 0 aromatic carbocycles. The minimum atomic E-state index is -0.382. The summed E-state index contributed by atoms with van der Waals surface area (Å²) in [6.07, 6.45) is 11.1. The number of nitrogens with zero attached hydrogens (tertiary/aromatic N) is 2. The van der Waals surface area contributed by atoms with Crippen LogP contribution in [0.3, 0.4) is 0 Å². The van der Waals surface area contributed by atoms with E-state index < -0.39 is 0 Å². The lowest BCUT2D eigenvalue weighted by Gasteiger charge is -2.63. The number of ether oxygens (including phenoxy) is 3. The summed E-state index contributed by atoms with van der Waals surface area (Å²) in [6, 6.07) is 5.72. The molecular weight excluding hydrogens is 552 g/mol. The second-order valence-electron chi connectivity index (χ2n) is 17.1. The van der Waals surface area contributed by atoms with Crippen LogP contribution in [0.2, 0.25) is 0 Å². The maximum absolute atomic E-state index is 13.1. The quantitative estimate of drug-likeness (QED) is 0.478. The van der Waals surface area contributed by atoms with Gasteiger partial charge in [0.1, 0.15) is 0 Å². The molecule has 5 aliphatic carbocycles. The molecule has 1 amide bonds. The van der Waals surface area contributed by atoms with Crippen LogP contribution in [0.25, 0.3) is 0 Å². The van der Waals surface area contributed by atoms with Gasteiger partial charge in [-0.3, -0.25) is 9.78 Å². The summed E-state index contributed by atoms with van der Waals surface area (Å²) in [5.74, 6) is 2.35. The molecule has 0 bridgehead atoms. The second kappa shape index (κ2) is 9.98. The number of amides is 1. The van der Waals surface area contributed by atoms with Crippen LogP contribution in [-0.2, 0) is 25.4 Å². The third-order valence-corrected chi connectivity index (χ3v) is 15.5. The van der Waals surface area contributed by atoms with Crippen LogP contribution in [0.1, 0.15) is 91.7 Å². The van der Waals surface area contributed by atoms with Gasteiger partial charge in [0, 0.05) is 30.5 Å². The number of aliphatic hydroxyl groups excluding tert-OH is 1. The normalized spacial score (nSPS) is 50.5. The summed E-state index contributed by atoms with van der Waals surface area (Å²) >= 11 is 0. The zero-order valence-corrected chi connectivity index (χ0v) is 27.6. The molecule has 2 spiro atoms. The van der Waals surface area contributed by atoms with Crippen molar-refractivity contribution in [3.63, 3.8) is 0 Å². The Morgan fingerprint density at radius 1 is 1.02 bits per heavy atom. The van der Waals surface area contributed by atoms with Gasteiger partial charge in [0.2, 0.25) is 5.91 Å². The Kier molecular flexibility index (Phi) is 6.77. The maximum atomic E-state index is 13.1. The molecule has 1 aromatic heterocycles. The molecule has 7 fully saturated rings. The third kappa shape index (κ3) is 3.82. The van der Waals surface area contributed by atoms with Crippen molar-refractivity contribution in [1.29, 1.82) is 0 Å². The van der Waals surface area contributed by atoms with E-state index in [1.54, 1.807) is 6.20 Å². The average Bonchev–Trinajstić information content (AvgIpc) is 3.64. The highest BCUT2D eigenvalue weighted by Crippen LogP contribution is 2.89. The van der Waals surface area contributed by atoms with Crippen LogP contribution in [-0.4, -0.2) is 71.8 Å². The number of pyridine rings is 1. The lowest BCUT2D eigenvalue weighted by molar-refractivity contribution is -0.248. The largest absolute Gasteiger partial charge is 0.390 e. The standard InChI is InChI=1S/C37H54N2O5/c1-23-12-18-43-31-30(23)34(4)14-15-37-22-36(37)13-11-27(33(2,3)25(36)9-10-26(37)35(34,5)32(31)41)44-29-21-39(17-19-42-29)28(40)20-24-8-6-7-16-38-24/h6-8,16,23,25-27,29-32,41H,9-15,17-22H2,1-5H3/t23-,25+,26?,27?,29?,30?,31?,32+,34?,35-,36?,37?/m1/s1. The molecule has 1 N–H and O–H groups in total. The van der Waals surface area contributed by atoms with E-state index >= 15 is 0 Å². The van der Waals surface area contributed by atoms with Crippen molar-refractivity contribution in [3.8, 4) is 0 Å². The highest BCUT2D eigenvalue weighted by Gasteiger charge is 2.84. The fourth-order valence-electron chi connectivity index (χ4n) is 13.3. The Labute approximate surface area is 263 Å². The first-order chi connectivity index (χ1) is 21.0. The minimum Gasteiger partial charge on any atom is -0.390 e. The number of hydrogen-bond acceptors (Lipinski definition) is 6. The second-order valence-corrected chi connectivity index (χ2v) is 17.1. The molecule has 7 aliphatic rings. The van der Waals surface area contributed by atoms with E-state index in [2.05, 4.69) is 39.6 Å². The summed E-state index contributed by atoms with van der Waals surface area (Å²) in [5.41, 5.74) is 1.58. The van der Waals surface area contributed by atoms with Crippen molar-refractivity contribution in [3.05, 3.63) is 30.1 Å². The van der Waals surface area contributed by atoms with Crippen molar-refractivity contribution < 1.29 is 24.1 Å². The molecule has 242 valence electrons. The SMILES string of the molecule is C[C@@H]1CCOC2C1C1(C)CCC34CC35CCC(OC3CN(C(=O)Cc6ccccn6)CCO3)C(C)(C)[C@@H]5CCC4[C@]1(C)[C@H]2O. The first-order valence-electron chi connectivity index (χ1n) is 17.7. The number of carbonyl (C=O) groups is 1. The Bertz CT molecular complexity index is 1290. The molecule has 12 atom stereocenters. The fraction of sp³-hybridized carbons (Fsp3) is 0.838. The molecule has 44 heavy (non-hydrogen) atoms. The van der Waals surface area contributed by atoms with E-state index in [0.29, 0.717) is 60.6 Å². The van der Waals surface area contributed by atoms with Crippen molar-refractivity contribution in [2.24, 2.45) is 50.7 Å². The maximum Gasteiger partial charge on any atom is 0.228 e. The molecule has 7 heteroatoms. The molecule has 8 unspecified atom stereocenters. The van der Waals surface area contributed by atoms with Gasteiger partial charge in [-0.25, -0.2) is 0 Å². The molecule has 8 rings (SSSR count). The zero-order valence-electron chi connectivity index (χ0n) is 27.6. The van der Waals surface area contributed by atoms with E-state index in [-0.39, 0.29) is 46.8 Å². The van der Waals surface area contributed by atoms with Gasteiger partial charge in [0.05, 0.1) is 37.9 Å². The van der Waals surface area contributed by atoms with Gasteiger partial charge < -0.3 is 24.2 Å². The topological polar surface area (TPSA) is 81.1 Å². The number of carbonyl (C=O) groups excluding carboxylic acids is 1. The summed E-state index contributed by atoms with van der Waals surface area (Å²) in [7, 11) is 0. The predicted molar refractivity (Wildman–Crippen MR) is 166 cm³/mol. The Balaban J connectivity index is 0.987. The lowest BCUT2D eigenvalue weighted by Crippen LogP contribution is -2.60. The monoisotopic (exact) mass is 606 g/mol. The minimum absolute atomic E-state index is 0.00259. The lowest BCUT2D eigenvalue weighted by atomic mass is 9.41. The van der Waals surface area contributed by atoms with Gasteiger partial charge in [-0.2, -0.15) is 0 Å². The van der Waals surface area contributed by atoms with Crippen molar-refractivity contribution >= 4 is 5.91 Å². The first kappa shape index (κ1) is 29.8. The van der Waals surface area contributed by atoms with Crippen molar-refractivity contribution in [1.82, 2.24) is 9.88 Å². The molecule has 7 nitrogen and oxygen atoms in total. The predicted octanol–water partition coefficient (Wildman–Crippen LogP) is 5.64. The molecule has 3 heterocycles. The first-order valence-corrected chi connectivity index (χ1v) is 17.7. The van der Waals surface area contributed by atoms with Crippen LogP contribution in [0.4, 0.5) is 0 Å². The molecule has 0 radical (unpaired) electrons. The highest BCUT2D eigenvalue weighted by atomic mass is 16.7. The van der Waals surface area contributed by atoms with E-state index in [0.717, 1.165) is 25.1 Å². The van der Waals surface area contributed by atoms with Crippen LogP contribution < -0.4 is 0 Å². The third-order valence-electron chi connectivity index (χ3n) is 15.5. The van der Waals surface area contributed by atoms with Crippen LogP contribution in [0.5, 0.6) is 0 Å². The van der Waals surface area contributed by atoms with Crippen molar-refractivity contribution in [2.75, 3.05) is 26.3 Å². The zero-order chi connectivity index (χ0) is 30.7. The smallest absolute Gasteiger partial charge is 0.228 e. The van der Waals surface area contributed by atoms with Crippen LogP contribution in [0.15, 0.2) is 24.4 Å². The van der Waals surface area contributed by atoms with Crippen LogP contribution >= 0.6 is 0 Å². The number of fused-ring (bicyclic) bond motifs is 4. The van der Waals surface area contributed by atoms with Gasteiger partial charge in [-0.05, 0) is 109 Å². The number of aliphatic hydroxyl groups is 1. The molecule has 1 aromatic rings. The summed E-state index contributed by atoms with van der Waals surface area (Å²) < 4.78 is 19.4. The molecular formula is C37H54N2O5.